The van der Waals surface area contributed by atoms with E-state index in [4.69, 9.17) is 10.8 Å². The van der Waals surface area contributed by atoms with Gasteiger partial charge in [-0.2, -0.15) is 0 Å². The van der Waals surface area contributed by atoms with Gasteiger partial charge in [-0.3, -0.25) is 43.2 Å². The van der Waals surface area contributed by atoms with E-state index in [1.807, 2.05) is 13.8 Å². The Balaban J connectivity index is 2.78. The first kappa shape index (κ1) is 44.2. The molecule has 51 heavy (non-hydrogen) atoms. The third kappa shape index (κ3) is 15.7. The zero-order valence-electron chi connectivity index (χ0n) is 30.4. The van der Waals surface area contributed by atoms with E-state index in [2.05, 4.69) is 37.2 Å². The fourth-order valence-corrected chi connectivity index (χ4v) is 5.10. The lowest BCUT2D eigenvalue weighted by molar-refractivity contribution is -0.142. The molecule has 8 amide bonds. The molecule has 5 atom stereocenters. The number of nitrogens with two attached hydrogens (primary N) is 1. The number of carbonyl (C=O) groups excluding carboxylic acids is 8. The molecule has 0 saturated carbocycles. The summed E-state index contributed by atoms with van der Waals surface area (Å²) in [6.45, 7) is 10.1. The van der Waals surface area contributed by atoms with Gasteiger partial charge in [-0.1, -0.05) is 41.5 Å². The molecule has 0 aromatic heterocycles. The number of amides is 8. The first-order valence-corrected chi connectivity index (χ1v) is 17.0. The Labute approximate surface area is 297 Å². The Bertz CT molecular complexity index is 1290. The van der Waals surface area contributed by atoms with Gasteiger partial charge in [0, 0.05) is 6.54 Å². The molecule has 19 nitrogen and oxygen atoms in total. The number of carboxylic acid groups (broad SMARTS) is 1. The van der Waals surface area contributed by atoms with Crippen molar-refractivity contribution in [1.29, 1.82) is 0 Å². The van der Waals surface area contributed by atoms with Crippen molar-refractivity contribution in [1.82, 2.24) is 42.1 Å². The Kier molecular flexibility index (Phi) is 18.6. The number of rotatable bonds is 20. The molecule has 0 aromatic rings. The topological polar surface area (TPSA) is 287 Å². The normalized spacial score (nSPS) is 16.4. The van der Waals surface area contributed by atoms with Crippen molar-refractivity contribution >= 4 is 53.2 Å². The number of hydrogen-bond donors (Lipinski definition) is 9. The largest absolute Gasteiger partial charge is 0.480 e. The number of aliphatic carboxylic acids is 1. The van der Waals surface area contributed by atoms with Gasteiger partial charge in [0.05, 0.1) is 25.7 Å². The van der Waals surface area contributed by atoms with Gasteiger partial charge < -0.3 is 53.0 Å². The van der Waals surface area contributed by atoms with Gasteiger partial charge in [-0.05, 0) is 43.9 Å². The standard InChI is InChI=1S/C32H55N9O10/c1-16(2)11-20(29(48)35-14-23(43)39-26(17(3)4)31(50)37-15-25(45)46)38-22(42)12-36-30(49)21-9-8-10-41(21)32(51)27(18(5)6)40-24(44)13-34-28(47)19(7)33/h16-21,26-27H,8-15,33H2,1-7H3,(H,34,47)(H,35,48)(H,36,49)(H,37,50)(H,38,42)(H,39,43)(H,40,44)(H,45,46)/t19-,20-,21-,26-,27-/m0/s1. The molecular weight excluding hydrogens is 670 g/mol. The minimum absolute atomic E-state index is 0.0549. The summed E-state index contributed by atoms with van der Waals surface area (Å²) in [5.41, 5.74) is 5.49. The monoisotopic (exact) mass is 725 g/mol. The average Bonchev–Trinajstić information content (AvgIpc) is 3.54. The lowest BCUT2D eigenvalue weighted by atomic mass is 10.0. The molecule has 1 aliphatic heterocycles. The molecule has 0 aliphatic carbocycles. The second kappa shape index (κ2) is 21.4. The fourth-order valence-electron chi connectivity index (χ4n) is 5.10. The van der Waals surface area contributed by atoms with Gasteiger partial charge in [0.2, 0.25) is 47.3 Å². The van der Waals surface area contributed by atoms with Gasteiger partial charge in [0.25, 0.3) is 0 Å². The van der Waals surface area contributed by atoms with E-state index in [1.54, 1.807) is 27.7 Å². The van der Waals surface area contributed by atoms with Crippen LogP contribution in [0, 0.1) is 17.8 Å². The Morgan fingerprint density at radius 3 is 1.67 bits per heavy atom. The summed E-state index contributed by atoms with van der Waals surface area (Å²) in [6.07, 6.45) is 1.03. The maximum atomic E-state index is 13.5. The number of carbonyl (C=O) groups is 9. The molecule has 19 heteroatoms. The van der Waals surface area contributed by atoms with Crippen LogP contribution in [-0.2, 0) is 43.2 Å². The molecule has 288 valence electrons. The average molecular weight is 726 g/mol. The van der Waals surface area contributed by atoms with Crippen molar-refractivity contribution < 1.29 is 48.3 Å². The van der Waals surface area contributed by atoms with Gasteiger partial charge in [0.15, 0.2) is 0 Å². The molecule has 0 bridgehead atoms. The number of nitrogens with zero attached hydrogens (tertiary/aromatic N) is 1. The predicted molar refractivity (Wildman–Crippen MR) is 183 cm³/mol. The summed E-state index contributed by atoms with van der Waals surface area (Å²) in [7, 11) is 0. The summed E-state index contributed by atoms with van der Waals surface area (Å²) in [6, 6.07) is -4.83. The zero-order valence-corrected chi connectivity index (χ0v) is 30.4. The molecule has 1 saturated heterocycles. The molecule has 0 spiro atoms. The van der Waals surface area contributed by atoms with E-state index in [9.17, 15) is 43.2 Å². The van der Waals surface area contributed by atoms with Crippen molar-refractivity contribution in [2.45, 2.75) is 97.9 Å². The molecule has 0 aromatic carbocycles. The van der Waals surface area contributed by atoms with E-state index in [1.165, 1.54) is 11.8 Å². The Morgan fingerprint density at radius 1 is 0.667 bits per heavy atom. The summed E-state index contributed by atoms with van der Waals surface area (Å²) < 4.78 is 0. The molecule has 1 fully saturated rings. The molecule has 0 radical (unpaired) electrons. The lowest BCUT2D eigenvalue weighted by Gasteiger charge is -2.30. The maximum Gasteiger partial charge on any atom is 0.322 e. The molecular formula is C32H55N9O10. The van der Waals surface area contributed by atoms with Crippen LogP contribution in [0.3, 0.4) is 0 Å². The first-order chi connectivity index (χ1) is 23.7. The van der Waals surface area contributed by atoms with E-state index in [0.29, 0.717) is 12.8 Å². The smallest absolute Gasteiger partial charge is 0.322 e. The second-order valence-electron chi connectivity index (χ2n) is 13.6. The molecule has 1 rings (SSSR count). The van der Waals surface area contributed by atoms with Crippen LogP contribution in [0.5, 0.6) is 0 Å². The quantitative estimate of drug-likeness (QED) is 0.0599. The van der Waals surface area contributed by atoms with Crippen LogP contribution < -0.4 is 43.0 Å². The molecule has 0 unspecified atom stereocenters. The van der Waals surface area contributed by atoms with E-state index >= 15 is 0 Å². The van der Waals surface area contributed by atoms with Gasteiger partial charge in [-0.25, -0.2) is 0 Å². The second-order valence-corrected chi connectivity index (χ2v) is 13.6. The third-order valence-corrected chi connectivity index (χ3v) is 7.81. The van der Waals surface area contributed by atoms with Crippen LogP contribution in [0.4, 0.5) is 0 Å². The van der Waals surface area contributed by atoms with Crippen molar-refractivity contribution in [3.8, 4) is 0 Å². The SMILES string of the molecule is CC(C)C[C@H](NC(=O)CNC(=O)[C@@H]1CCCN1C(=O)[C@@H](NC(=O)CNC(=O)[C@H](C)N)C(C)C)C(=O)NCC(=O)N[C@H](C(=O)NCC(=O)O)C(C)C. The third-order valence-electron chi connectivity index (χ3n) is 7.81. The van der Waals surface area contributed by atoms with Crippen LogP contribution in [0.15, 0.2) is 0 Å². The first-order valence-electron chi connectivity index (χ1n) is 17.0. The number of nitrogens with one attached hydrogen (secondary N) is 7. The van der Waals surface area contributed by atoms with Crippen LogP contribution in [0.2, 0.25) is 0 Å². The lowest BCUT2D eigenvalue weighted by Crippen LogP contribution is -2.57. The van der Waals surface area contributed by atoms with Crippen molar-refractivity contribution in [3.63, 3.8) is 0 Å². The van der Waals surface area contributed by atoms with Crippen LogP contribution in [0.1, 0.15) is 67.7 Å². The van der Waals surface area contributed by atoms with E-state index < -0.39 is 103 Å². The number of hydrogen-bond acceptors (Lipinski definition) is 10. The van der Waals surface area contributed by atoms with Crippen molar-refractivity contribution in [3.05, 3.63) is 0 Å². The highest BCUT2D eigenvalue weighted by Crippen LogP contribution is 2.20. The highest BCUT2D eigenvalue weighted by Gasteiger charge is 2.39. The number of likely N-dealkylation sites (tertiary alicyclic amines) is 1. The highest BCUT2D eigenvalue weighted by molar-refractivity contribution is 5.96. The van der Waals surface area contributed by atoms with Crippen molar-refractivity contribution in [2.24, 2.45) is 23.5 Å². The number of carboxylic acids is 1. The van der Waals surface area contributed by atoms with Crippen LogP contribution in [0.25, 0.3) is 0 Å². The van der Waals surface area contributed by atoms with Gasteiger partial charge >= 0.3 is 5.97 Å². The van der Waals surface area contributed by atoms with Gasteiger partial charge in [0.1, 0.15) is 30.7 Å². The van der Waals surface area contributed by atoms with E-state index in [-0.39, 0.29) is 37.3 Å². The maximum absolute atomic E-state index is 13.5. The highest BCUT2D eigenvalue weighted by atomic mass is 16.4. The minimum atomic E-state index is -1.25. The molecule has 1 heterocycles. The van der Waals surface area contributed by atoms with Crippen LogP contribution in [-0.4, -0.2) is 126 Å². The predicted octanol–water partition coefficient (Wildman–Crippen LogP) is -3.31. The Hall–Kier alpha value is -4.81. The molecule has 1 aliphatic rings. The summed E-state index contributed by atoms with van der Waals surface area (Å²) in [5.74, 6) is -7.05. The Morgan fingerprint density at radius 2 is 1.16 bits per heavy atom. The minimum Gasteiger partial charge on any atom is -0.480 e. The summed E-state index contributed by atoms with van der Waals surface area (Å²) in [4.78, 5) is 114. The van der Waals surface area contributed by atoms with E-state index in [0.717, 1.165) is 0 Å². The molecule has 10 N–H and O–H groups in total. The van der Waals surface area contributed by atoms with Crippen molar-refractivity contribution in [2.75, 3.05) is 32.7 Å². The van der Waals surface area contributed by atoms with Gasteiger partial charge in [-0.15, -0.1) is 0 Å². The fraction of sp³-hybridized carbons (Fsp3) is 0.719. The van der Waals surface area contributed by atoms with Crippen LogP contribution >= 0.6 is 0 Å². The summed E-state index contributed by atoms with van der Waals surface area (Å²) >= 11 is 0. The zero-order chi connectivity index (χ0) is 39.0. The summed E-state index contributed by atoms with van der Waals surface area (Å²) in [5, 5.41) is 25.9.